The van der Waals surface area contributed by atoms with E-state index >= 15 is 0 Å². The Labute approximate surface area is 134 Å². The summed E-state index contributed by atoms with van der Waals surface area (Å²) in [7, 11) is -0.842. The Bertz CT molecular complexity index is 784. The van der Waals surface area contributed by atoms with Gasteiger partial charge in [0.2, 0.25) is 15.9 Å². The Hall–Kier alpha value is -2.32. The standard InChI is InChI=1S/C15H18N2O5S/c1-11(18)16-14-7-6-13(9-15(14)21-3)23(19,20)17(2)10-12-5-4-8-22-12/h4-9H,10H2,1-3H3,(H,16,18). The number of rotatable bonds is 6. The van der Waals surface area contributed by atoms with Crippen molar-refractivity contribution in [2.24, 2.45) is 0 Å². The zero-order chi connectivity index (χ0) is 17.0. The van der Waals surface area contributed by atoms with E-state index in [0.717, 1.165) is 0 Å². The van der Waals surface area contributed by atoms with Crippen molar-refractivity contribution in [2.75, 3.05) is 19.5 Å². The molecular weight excluding hydrogens is 320 g/mol. The van der Waals surface area contributed by atoms with E-state index in [1.165, 1.54) is 49.8 Å². The van der Waals surface area contributed by atoms with Crippen molar-refractivity contribution in [1.29, 1.82) is 0 Å². The number of ether oxygens (including phenoxy) is 1. The molecule has 0 saturated carbocycles. The number of nitrogens with zero attached hydrogens (tertiary/aromatic N) is 1. The number of amides is 1. The van der Waals surface area contributed by atoms with Crippen LogP contribution in [0.15, 0.2) is 45.9 Å². The lowest BCUT2D eigenvalue weighted by Gasteiger charge is -2.17. The van der Waals surface area contributed by atoms with Crippen LogP contribution in [0.4, 0.5) is 5.69 Å². The highest BCUT2D eigenvalue weighted by atomic mass is 32.2. The maximum absolute atomic E-state index is 12.6. The van der Waals surface area contributed by atoms with E-state index in [0.29, 0.717) is 11.4 Å². The smallest absolute Gasteiger partial charge is 0.243 e. The molecule has 1 N–H and O–H groups in total. The quantitative estimate of drug-likeness (QED) is 0.871. The summed E-state index contributed by atoms with van der Waals surface area (Å²) in [6, 6.07) is 7.68. The minimum Gasteiger partial charge on any atom is -0.495 e. The maximum Gasteiger partial charge on any atom is 0.243 e. The first-order valence-corrected chi connectivity index (χ1v) is 8.23. The monoisotopic (exact) mass is 338 g/mol. The van der Waals surface area contributed by atoms with Crippen molar-refractivity contribution in [3.05, 3.63) is 42.4 Å². The molecule has 2 rings (SSSR count). The second-order valence-corrected chi connectivity index (χ2v) is 6.93. The molecule has 1 heterocycles. The number of benzene rings is 1. The highest BCUT2D eigenvalue weighted by Crippen LogP contribution is 2.29. The van der Waals surface area contributed by atoms with Gasteiger partial charge in [-0.2, -0.15) is 4.31 Å². The van der Waals surface area contributed by atoms with E-state index in [9.17, 15) is 13.2 Å². The maximum atomic E-state index is 12.6. The number of hydrogen-bond acceptors (Lipinski definition) is 5. The van der Waals surface area contributed by atoms with Gasteiger partial charge in [0.05, 0.1) is 30.5 Å². The Balaban J connectivity index is 2.30. The van der Waals surface area contributed by atoms with Gasteiger partial charge in [0, 0.05) is 20.0 Å². The van der Waals surface area contributed by atoms with Crippen molar-refractivity contribution >= 4 is 21.6 Å². The third kappa shape index (κ3) is 3.91. The molecular formula is C15H18N2O5S. The Morgan fingerprint density at radius 2 is 2.09 bits per heavy atom. The normalized spacial score (nSPS) is 11.5. The summed E-state index contributed by atoms with van der Waals surface area (Å²) in [6.45, 7) is 1.48. The van der Waals surface area contributed by atoms with Crippen LogP contribution in [-0.2, 0) is 21.4 Å². The van der Waals surface area contributed by atoms with Gasteiger partial charge >= 0.3 is 0 Å². The van der Waals surface area contributed by atoms with Crippen molar-refractivity contribution in [3.63, 3.8) is 0 Å². The first-order valence-electron chi connectivity index (χ1n) is 6.79. The van der Waals surface area contributed by atoms with Gasteiger partial charge in [0.15, 0.2) is 0 Å². The molecule has 0 radical (unpaired) electrons. The van der Waals surface area contributed by atoms with E-state index in [2.05, 4.69) is 5.32 Å². The molecule has 0 unspecified atom stereocenters. The van der Waals surface area contributed by atoms with Gasteiger partial charge in [-0.1, -0.05) is 0 Å². The second kappa shape index (κ2) is 6.84. The van der Waals surface area contributed by atoms with Crippen LogP contribution in [0.2, 0.25) is 0 Å². The van der Waals surface area contributed by atoms with Gasteiger partial charge in [-0.25, -0.2) is 8.42 Å². The minimum atomic E-state index is -3.71. The van der Waals surface area contributed by atoms with Crippen LogP contribution < -0.4 is 10.1 Å². The van der Waals surface area contributed by atoms with Gasteiger partial charge in [0.25, 0.3) is 0 Å². The van der Waals surface area contributed by atoms with E-state index < -0.39 is 10.0 Å². The number of methoxy groups -OCH3 is 1. The number of sulfonamides is 1. The molecule has 0 saturated heterocycles. The van der Waals surface area contributed by atoms with Crippen LogP contribution in [0.1, 0.15) is 12.7 Å². The van der Waals surface area contributed by atoms with Crippen LogP contribution in [0.5, 0.6) is 5.75 Å². The lowest BCUT2D eigenvalue weighted by atomic mass is 10.3. The van der Waals surface area contributed by atoms with Crippen LogP contribution in [0.25, 0.3) is 0 Å². The Morgan fingerprint density at radius 1 is 1.35 bits per heavy atom. The highest BCUT2D eigenvalue weighted by Gasteiger charge is 2.23. The molecule has 2 aromatic rings. The average molecular weight is 338 g/mol. The number of nitrogens with one attached hydrogen (secondary N) is 1. The van der Waals surface area contributed by atoms with Gasteiger partial charge in [-0.05, 0) is 24.3 Å². The fraction of sp³-hybridized carbons (Fsp3) is 0.267. The summed E-state index contributed by atoms with van der Waals surface area (Å²) in [5.74, 6) is 0.541. The molecule has 7 nitrogen and oxygen atoms in total. The largest absolute Gasteiger partial charge is 0.495 e. The van der Waals surface area contributed by atoms with Gasteiger partial charge in [-0.15, -0.1) is 0 Å². The molecule has 0 aliphatic heterocycles. The summed E-state index contributed by atoms with van der Waals surface area (Å²) in [6.07, 6.45) is 1.49. The average Bonchev–Trinajstić information content (AvgIpc) is 2.99. The zero-order valence-electron chi connectivity index (χ0n) is 13.1. The Kier molecular flexibility index (Phi) is 5.07. The highest BCUT2D eigenvalue weighted by molar-refractivity contribution is 7.89. The number of anilines is 1. The number of carbonyl (C=O) groups excluding carboxylic acids is 1. The van der Waals surface area contributed by atoms with Gasteiger partial charge in [-0.3, -0.25) is 4.79 Å². The fourth-order valence-corrected chi connectivity index (χ4v) is 3.16. The molecule has 0 atom stereocenters. The summed E-state index contributed by atoms with van der Waals surface area (Å²) in [5, 5.41) is 2.58. The van der Waals surface area contributed by atoms with Crippen molar-refractivity contribution < 1.29 is 22.4 Å². The van der Waals surface area contributed by atoms with Crippen molar-refractivity contribution in [2.45, 2.75) is 18.4 Å². The number of carbonyl (C=O) groups is 1. The third-order valence-corrected chi connectivity index (χ3v) is 4.95. The molecule has 23 heavy (non-hydrogen) atoms. The predicted octanol–water partition coefficient (Wildman–Crippen LogP) is 2.07. The minimum absolute atomic E-state index is 0.0671. The summed E-state index contributed by atoms with van der Waals surface area (Å²) in [5.41, 5.74) is 0.410. The fourth-order valence-electron chi connectivity index (χ4n) is 2.01. The van der Waals surface area contributed by atoms with E-state index in [1.807, 2.05) is 0 Å². The SMILES string of the molecule is COc1cc(S(=O)(=O)N(C)Cc2ccco2)ccc1NC(C)=O. The lowest BCUT2D eigenvalue weighted by molar-refractivity contribution is -0.114. The van der Waals surface area contributed by atoms with Gasteiger partial charge in [0.1, 0.15) is 11.5 Å². The summed E-state index contributed by atoms with van der Waals surface area (Å²) in [4.78, 5) is 11.2. The molecule has 1 aromatic heterocycles. The summed E-state index contributed by atoms with van der Waals surface area (Å²) >= 11 is 0. The Morgan fingerprint density at radius 3 is 2.65 bits per heavy atom. The van der Waals surface area contributed by atoms with Crippen molar-refractivity contribution in [3.8, 4) is 5.75 Å². The van der Waals surface area contributed by atoms with Crippen LogP contribution in [0, 0.1) is 0 Å². The van der Waals surface area contributed by atoms with E-state index in [1.54, 1.807) is 12.1 Å². The molecule has 124 valence electrons. The first-order chi connectivity index (χ1) is 10.8. The van der Waals surface area contributed by atoms with Crippen LogP contribution in [-0.4, -0.2) is 32.8 Å². The third-order valence-electron chi connectivity index (χ3n) is 3.15. The molecule has 0 bridgehead atoms. The topological polar surface area (TPSA) is 88.8 Å². The number of hydrogen-bond donors (Lipinski definition) is 1. The molecule has 0 aliphatic carbocycles. The van der Waals surface area contributed by atoms with Gasteiger partial charge < -0.3 is 14.5 Å². The molecule has 1 amide bonds. The van der Waals surface area contributed by atoms with Crippen LogP contribution >= 0.6 is 0 Å². The summed E-state index contributed by atoms with van der Waals surface area (Å²) < 4.78 is 36.7. The number of furan rings is 1. The molecule has 0 spiro atoms. The lowest BCUT2D eigenvalue weighted by Crippen LogP contribution is -2.26. The van der Waals surface area contributed by atoms with Crippen molar-refractivity contribution in [1.82, 2.24) is 4.31 Å². The molecule has 8 heteroatoms. The van der Waals surface area contributed by atoms with E-state index in [-0.39, 0.29) is 23.1 Å². The van der Waals surface area contributed by atoms with Crippen LogP contribution in [0.3, 0.4) is 0 Å². The van der Waals surface area contributed by atoms with E-state index in [4.69, 9.17) is 9.15 Å². The molecule has 1 aromatic carbocycles. The zero-order valence-corrected chi connectivity index (χ0v) is 13.9. The molecule has 0 fully saturated rings. The molecule has 0 aliphatic rings. The first kappa shape index (κ1) is 17.0. The second-order valence-electron chi connectivity index (χ2n) is 4.88. The predicted molar refractivity (Wildman–Crippen MR) is 84.7 cm³/mol.